The normalized spacial score (nSPS) is 13.6. The average Bonchev–Trinajstić information content (AvgIpc) is 3.31. The maximum Gasteiger partial charge on any atom is 0.417 e. The zero-order valence-corrected chi connectivity index (χ0v) is 15.6. The SMILES string of the molecule is CC(c1ccccc1)C(N)CNc1ncc(-c2ccc3[nH]c(=O)oc3c2)s1. The van der Waals surface area contributed by atoms with Gasteiger partial charge in [0.05, 0.1) is 10.4 Å². The summed E-state index contributed by atoms with van der Waals surface area (Å²) in [5.74, 6) is -0.202. The van der Waals surface area contributed by atoms with Gasteiger partial charge in [-0.1, -0.05) is 54.7 Å². The Hall–Kier alpha value is -2.90. The number of rotatable bonds is 6. The number of oxazole rings is 1. The Bertz CT molecular complexity index is 1100. The number of aromatic nitrogens is 2. The van der Waals surface area contributed by atoms with Crippen LogP contribution in [0, 0.1) is 0 Å². The largest absolute Gasteiger partial charge is 0.417 e. The second kappa shape index (κ2) is 7.38. The summed E-state index contributed by atoms with van der Waals surface area (Å²) in [6.45, 7) is 2.77. The number of benzene rings is 2. The Morgan fingerprint density at radius 2 is 2.07 bits per heavy atom. The number of nitrogens with two attached hydrogens (primary N) is 1. The number of hydrogen-bond acceptors (Lipinski definition) is 6. The summed E-state index contributed by atoms with van der Waals surface area (Å²) >= 11 is 1.54. The number of anilines is 1. The van der Waals surface area contributed by atoms with Crippen LogP contribution in [-0.4, -0.2) is 22.6 Å². The molecular weight excluding hydrogens is 360 g/mol. The van der Waals surface area contributed by atoms with E-state index in [9.17, 15) is 4.79 Å². The first kappa shape index (κ1) is 17.5. The van der Waals surface area contributed by atoms with E-state index in [4.69, 9.17) is 10.2 Å². The molecule has 0 saturated carbocycles. The molecule has 2 unspecified atom stereocenters. The van der Waals surface area contributed by atoms with Gasteiger partial charge >= 0.3 is 5.76 Å². The predicted octanol–water partition coefficient (Wildman–Crippen LogP) is 3.79. The summed E-state index contributed by atoms with van der Waals surface area (Å²) in [5.41, 5.74) is 9.76. The van der Waals surface area contributed by atoms with Crippen LogP contribution in [0.2, 0.25) is 0 Å². The molecule has 2 aromatic heterocycles. The van der Waals surface area contributed by atoms with Gasteiger partial charge in [-0.2, -0.15) is 0 Å². The smallest absolute Gasteiger partial charge is 0.408 e. The van der Waals surface area contributed by atoms with Crippen molar-refractivity contribution in [2.45, 2.75) is 18.9 Å². The number of hydrogen-bond donors (Lipinski definition) is 3. The zero-order valence-electron chi connectivity index (χ0n) is 14.8. The molecule has 0 aliphatic carbocycles. The van der Waals surface area contributed by atoms with Crippen molar-refractivity contribution in [2.75, 3.05) is 11.9 Å². The van der Waals surface area contributed by atoms with E-state index < -0.39 is 5.76 Å². The lowest BCUT2D eigenvalue weighted by atomic mass is 9.94. The van der Waals surface area contributed by atoms with E-state index in [1.54, 1.807) is 11.3 Å². The topological polar surface area (TPSA) is 96.9 Å². The maximum atomic E-state index is 11.3. The first-order valence-electron chi connectivity index (χ1n) is 8.73. The minimum Gasteiger partial charge on any atom is -0.408 e. The molecule has 0 aliphatic heterocycles. The quantitative estimate of drug-likeness (QED) is 0.473. The zero-order chi connectivity index (χ0) is 18.8. The minimum atomic E-state index is -0.449. The van der Waals surface area contributed by atoms with Gasteiger partial charge in [0.25, 0.3) is 0 Å². The second-order valence-corrected chi connectivity index (χ2v) is 7.53. The van der Waals surface area contributed by atoms with E-state index in [1.807, 2.05) is 42.6 Å². The molecule has 2 atom stereocenters. The number of nitrogens with zero attached hydrogens (tertiary/aromatic N) is 1. The van der Waals surface area contributed by atoms with E-state index in [0.29, 0.717) is 17.6 Å². The molecule has 4 N–H and O–H groups in total. The molecule has 4 aromatic rings. The standard InChI is InChI=1S/C20H20N4O2S/c1-12(13-5-3-2-4-6-13)15(21)10-22-19-23-11-18(27-19)14-7-8-16-17(9-14)26-20(25)24-16/h2-9,11-12,15H,10,21H2,1H3,(H,22,23)(H,24,25). The summed E-state index contributed by atoms with van der Waals surface area (Å²) in [5, 5.41) is 4.15. The van der Waals surface area contributed by atoms with Crippen LogP contribution in [0.3, 0.4) is 0 Å². The number of aromatic amines is 1. The molecule has 0 amide bonds. The molecule has 27 heavy (non-hydrogen) atoms. The number of nitrogens with one attached hydrogen (secondary N) is 2. The molecule has 0 spiro atoms. The highest BCUT2D eigenvalue weighted by molar-refractivity contribution is 7.18. The van der Waals surface area contributed by atoms with Gasteiger partial charge in [0.2, 0.25) is 0 Å². The molecular formula is C20H20N4O2S. The van der Waals surface area contributed by atoms with Crippen LogP contribution in [0.25, 0.3) is 21.5 Å². The monoisotopic (exact) mass is 380 g/mol. The molecule has 4 rings (SSSR count). The first-order valence-corrected chi connectivity index (χ1v) is 9.55. The fraction of sp³-hybridized carbons (Fsp3) is 0.200. The lowest BCUT2D eigenvalue weighted by molar-refractivity contribution is 0.555. The van der Waals surface area contributed by atoms with Crippen molar-refractivity contribution in [3.05, 3.63) is 70.8 Å². The average molecular weight is 380 g/mol. The van der Waals surface area contributed by atoms with Crippen molar-refractivity contribution >= 4 is 27.6 Å². The van der Waals surface area contributed by atoms with E-state index in [0.717, 1.165) is 15.6 Å². The molecule has 0 saturated heterocycles. The molecule has 2 heterocycles. The third kappa shape index (κ3) is 3.79. The highest BCUT2D eigenvalue weighted by atomic mass is 32.1. The third-order valence-electron chi connectivity index (χ3n) is 4.67. The molecule has 0 aliphatic rings. The summed E-state index contributed by atoms with van der Waals surface area (Å²) in [7, 11) is 0. The van der Waals surface area contributed by atoms with Crippen molar-refractivity contribution in [2.24, 2.45) is 5.73 Å². The molecule has 138 valence electrons. The van der Waals surface area contributed by atoms with E-state index in [-0.39, 0.29) is 12.0 Å². The van der Waals surface area contributed by atoms with Gasteiger partial charge in [0.15, 0.2) is 10.7 Å². The highest BCUT2D eigenvalue weighted by Crippen LogP contribution is 2.30. The highest BCUT2D eigenvalue weighted by Gasteiger charge is 2.15. The van der Waals surface area contributed by atoms with Crippen LogP contribution in [0.5, 0.6) is 0 Å². The number of H-pyrrole nitrogens is 1. The predicted molar refractivity (Wildman–Crippen MR) is 109 cm³/mol. The summed E-state index contributed by atoms with van der Waals surface area (Å²) < 4.78 is 5.13. The fourth-order valence-electron chi connectivity index (χ4n) is 2.97. The van der Waals surface area contributed by atoms with Crippen LogP contribution >= 0.6 is 11.3 Å². The van der Waals surface area contributed by atoms with Gasteiger partial charge in [-0.25, -0.2) is 9.78 Å². The Morgan fingerprint density at radius 1 is 1.26 bits per heavy atom. The van der Waals surface area contributed by atoms with Gasteiger partial charge in [-0.3, -0.25) is 4.98 Å². The van der Waals surface area contributed by atoms with Crippen LogP contribution in [-0.2, 0) is 0 Å². The molecule has 6 nitrogen and oxygen atoms in total. The Balaban J connectivity index is 1.43. The van der Waals surface area contributed by atoms with Crippen molar-refractivity contribution in [3.63, 3.8) is 0 Å². The molecule has 0 bridgehead atoms. The van der Waals surface area contributed by atoms with Crippen molar-refractivity contribution in [3.8, 4) is 10.4 Å². The minimum absolute atomic E-state index is 0.0229. The lowest BCUT2D eigenvalue weighted by Gasteiger charge is -2.20. The molecule has 2 aromatic carbocycles. The molecule has 0 fully saturated rings. The molecule has 7 heteroatoms. The molecule has 0 radical (unpaired) electrons. The Kier molecular flexibility index (Phi) is 4.79. The fourth-order valence-corrected chi connectivity index (χ4v) is 3.79. The van der Waals surface area contributed by atoms with Crippen molar-refractivity contribution in [1.82, 2.24) is 9.97 Å². The third-order valence-corrected chi connectivity index (χ3v) is 5.67. The summed E-state index contributed by atoms with van der Waals surface area (Å²) in [4.78, 5) is 19.4. The summed E-state index contributed by atoms with van der Waals surface area (Å²) in [6, 6.07) is 15.9. The van der Waals surface area contributed by atoms with Crippen LogP contribution < -0.4 is 16.8 Å². The first-order chi connectivity index (χ1) is 13.1. The van der Waals surface area contributed by atoms with Crippen molar-refractivity contribution in [1.29, 1.82) is 0 Å². The van der Waals surface area contributed by atoms with Crippen LogP contribution in [0.1, 0.15) is 18.4 Å². The van der Waals surface area contributed by atoms with Crippen LogP contribution in [0.4, 0.5) is 5.13 Å². The maximum absolute atomic E-state index is 11.3. The van der Waals surface area contributed by atoms with Crippen LogP contribution in [0.15, 0.2) is 63.9 Å². The Morgan fingerprint density at radius 3 is 2.89 bits per heavy atom. The van der Waals surface area contributed by atoms with Gasteiger partial charge in [-0.05, 0) is 29.2 Å². The number of fused-ring (bicyclic) bond motifs is 1. The summed E-state index contributed by atoms with van der Waals surface area (Å²) in [6.07, 6.45) is 1.81. The van der Waals surface area contributed by atoms with E-state index in [1.165, 1.54) is 5.56 Å². The Labute approximate surface area is 160 Å². The van der Waals surface area contributed by atoms with Gasteiger partial charge in [0, 0.05) is 18.8 Å². The number of thiazole rings is 1. The van der Waals surface area contributed by atoms with E-state index >= 15 is 0 Å². The van der Waals surface area contributed by atoms with Gasteiger partial charge in [0.1, 0.15) is 0 Å². The van der Waals surface area contributed by atoms with Gasteiger partial charge < -0.3 is 15.5 Å². The lowest BCUT2D eigenvalue weighted by Crippen LogP contribution is -2.34. The van der Waals surface area contributed by atoms with Gasteiger partial charge in [-0.15, -0.1) is 0 Å². The van der Waals surface area contributed by atoms with Crippen molar-refractivity contribution < 1.29 is 4.42 Å². The van der Waals surface area contributed by atoms with E-state index in [2.05, 4.69) is 34.3 Å². The second-order valence-electron chi connectivity index (χ2n) is 6.50.